The van der Waals surface area contributed by atoms with Crippen molar-refractivity contribution in [2.24, 2.45) is 0 Å². The summed E-state index contributed by atoms with van der Waals surface area (Å²) in [6.45, 7) is 0. The average molecular weight is 315 g/mol. The Hall–Kier alpha value is -0.750. The van der Waals surface area contributed by atoms with Gasteiger partial charge in [-0.1, -0.05) is 27.5 Å². The van der Waals surface area contributed by atoms with E-state index >= 15 is 0 Å². The van der Waals surface area contributed by atoms with Gasteiger partial charge in [0.05, 0.1) is 7.11 Å². The summed E-state index contributed by atoms with van der Waals surface area (Å²) in [7, 11) is 1.14. The van der Waals surface area contributed by atoms with Crippen LogP contribution in [0.4, 0.5) is 8.78 Å². The van der Waals surface area contributed by atoms with Crippen molar-refractivity contribution in [2.75, 3.05) is 7.11 Å². The number of carbonyl (C=O) groups excluding carboxylic acids is 1. The smallest absolute Gasteiger partial charge is 0.357 e. The van der Waals surface area contributed by atoms with Crippen LogP contribution in [0.15, 0.2) is 6.07 Å². The molecule has 0 aliphatic carbocycles. The second-order valence-electron chi connectivity index (χ2n) is 2.78. The van der Waals surface area contributed by atoms with E-state index in [1.165, 1.54) is 0 Å². The zero-order chi connectivity index (χ0) is 12.3. The predicted molar refractivity (Wildman–Crippen MR) is 58.2 cm³/mol. The number of esters is 1. The molecule has 0 aliphatic rings. The number of rotatable bonds is 3. The summed E-state index contributed by atoms with van der Waals surface area (Å²) in [5.41, 5.74) is -0.407. The highest BCUT2D eigenvalue weighted by Gasteiger charge is 2.20. The quantitative estimate of drug-likeness (QED) is 0.634. The molecule has 16 heavy (non-hydrogen) atoms. The Kier molecular flexibility index (Phi) is 4.61. The van der Waals surface area contributed by atoms with Crippen LogP contribution in [0, 0.1) is 0 Å². The lowest BCUT2D eigenvalue weighted by Crippen LogP contribution is -2.10. The second kappa shape index (κ2) is 5.54. The van der Waals surface area contributed by atoms with E-state index in [9.17, 15) is 13.6 Å². The molecule has 0 saturated carbocycles. The number of halogens is 4. The molecule has 0 aliphatic heterocycles. The Bertz CT molecular complexity index is 415. The Morgan fingerprint density at radius 2 is 2.31 bits per heavy atom. The molecule has 0 amide bonds. The number of carbonyl (C=O) groups is 1. The summed E-state index contributed by atoms with van der Waals surface area (Å²) >= 11 is 8.87. The van der Waals surface area contributed by atoms with Crippen LogP contribution in [-0.4, -0.2) is 18.1 Å². The third-order valence-corrected chi connectivity index (χ3v) is 2.72. The van der Waals surface area contributed by atoms with Gasteiger partial charge in [0, 0.05) is 15.9 Å². The van der Waals surface area contributed by atoms with Crippen molar-refractivity contribution in [3.05, 3.63) is 28.0 Å². The molecule has 0 saturated heterocycles. The van der Waals surface area contributed by atoms with Crippen LogP contribution in [0.2, 0.25) is 5.02 Å². The zero-order valence-electron chi connectivity index (χ0n) is 8.14. The van der Waals surface area contributed by atoms with E-state index in [1.807, 2.05) is 0 Å². The van der Waals surface area contributed by atoms with Gasteiger partial charge in [-0.2, -0.15) is 0 Å². The molecule has 0 radical (unpaired) electrons. The van der Waals surface area contributed by atoms with E-state index in [2.05, 4.69) is 25.7 Å². The molecule has 1 heterocycles. The van der Waals surface area contributed by atoms with Crippen LogP contribution in [0.25, 0.3) is 0 Å². The maximum Gasteiger partial charge on any atom is 0.357 e. The first kappa shape index (κ1) is 13.3. The molecule has 3 nitrogen and oxygen atoms in total. The highest BCUT2D eigenvalue weighted by atomic mass is 79.9. The Morgan fingerprint density at radius 3 is 2.75 bits per heavy atom. The van der Waals surface area contributed by atoms with Gasteiger partial charge < -0.3 is 4.74 Å². The van der Waals surface area contributed by atoms with Crippen LogP contribution < -0.4 is 0 Å². The molecule has 0 atom stereocenters. The van der Waals surface area contributed by atoms with Crippen LogP contribution in [0.1, 0.15) is 28.2 Å². The summed E-state index contributed by atoms with van der Waals surface area (Å²) in [4.78, 5) is 14.8. The van der Waals surface area contributed by atoms with Crippen molar-refractivity contribution in [1.82, 2.24) is 4.98 Å². The van der Waals surface area contributed by atoms with Crippen molar-refractivity contribution >= 4 is 33.5 Å². The van der Waals surface area contributed by atoms with Gasteiger partial charge in [-0.25, -0.2) is 18.6 Å². The molecule has 88 valence electrons. The van der Waals surface area contributed by atoms with Crippen LogP contribution in [0.3, 0.4) is 0 Å². The maximum absolute atomic E-state index is 12.4. The van der Waals surface area contributed by atoms with E-state index in [1.54, 1.807) is 0 Å². The molecular weight excluding hydrogens is 307 g/mol. The molecule has 0 N–H and O–H groups in total. The van der Waals surface area contributed by atoms with Gasteiger partial charge in [-0.05, 0) is 6.07 Å². The summed E-state index contributed by atoms with van der Waals surface area (Å²) in [6.07, 6.45) is -2.79. The van der Waals surface area contributed by atoms with E-state index in [4.69, 9.17) is 11.6 Å². The number of hydrogen-bond acceptors (Lipinski definition) is 3. The number of methoxy groups -OCH3 is 1. The average Bonchev–Trinajstić information content (AvgIpc) is 2.26. The van der Waals surface area contributed by atoms with Crippen molar-refractivity contribution in [2.45, 2.75) is 11.8 Å². The van der Waals surface area contributed by atoms with E-state index < -0.39 is 18.1 Å². The molecule has 0 spiro atoms. The number of hydrogen-bond donors (Lipinski definition) is 0. The lowest BCUT2D eigenvalue weighted by atomic mass is 10.2. The molecule has 1 aromatic rings. The van der Waals surface area contributed by atoms with Gasteiger partial charge in [-0.3, -0.25) is 0 Å². The predicted octanol–water partition coefficient (Wildman–Crippen LogP) is 3.35. The summed E-state index contributed by atoms with van der Waals surface area (Å²) in [6, 6.07) is 1.04. The molecule has 0 aromatic carbocycles. The third kappa shape index (κ3) is 2.68. The van der Waals surface area contributed by atoms with Gasteiger partial charge in [0.25, 0.3) is 6.43 Å². The number of aromatic nitrogens is 1. The second-order valence-corrected chi connectivity index (χ2v) is 3.75. The minimum absolute atomic E-state index is 0.0579. The molecule has 1 rings (SSSR count). The lowest BCUT2D eigenvalue weighted by molar-refractivity contribution is 0.0591. The fourth-order valence-electron chi connectivity index (χ4n) is 1.06. The molecular formula is C9H7BrClF2NO2. The first-order valence-corrected chi connectivity index (χ1v) is 5.63. The van der Waals surface area contributed by atoms with Crippen LogP contribution in [-0.2, 0) is 10.1 Å². The molecule has 0 fully saturated rings. The minimum Gasteiger partial charge on any atom is -0.464 e. The monoisotopic (exact) mass is 313 g/mol. The summed E-state index contributed by atoms with van der Waals surface area (Å²) in [5, 5.41) is 0.287. The van der Waals surface area contributed by atoms with Gasteiger partial charge in [0.15, 0.2) is 5.69 Å². The normalized spacial score (nSPS) is 10.6. The maximum atomic E-state index is 12.4. The summed E-state index contributed by atoms with van der Waals surface area (Å²) in [5.74, 6) is -0.793. The Balaban J connectivity index is 3.36. The molecule has 7 heteroatoms. The van der Waals surface area contributed by atoms with E-state index in [-0.39, 0.29) is 16.0 Å². The van der Waals surface area contributed by atoms with Gasteiger partial charge in [-0.15, -0.1) is 0 Å². The van der Waals surface area contributed by atoms with E-state index in [0.717, 1.165) is 13.2 Å². The SMILES string of the molecule is COC(=O)c1nc(C(F)F)cc(Cl)c1CBr. The molecule has 0 bridgehead atoms. The number of alkyl halides is 3. The topological polar surface area (TPSA) is 39.2 Å². The van der Waals surface area contributed by atoms with Gasteiger partial charge >= 0.3 is 5.97 Å². The molecule has 1 aromatic heterocycles. The fourth-order valence-corrected chi connectivity index (χ4v) is 2.06. The number of ether oxygens (including phenoxy) is 1. The summed E-state index contributed by atoms with van der Waals surface area (Å²) < 4.78 is 29.3. The first-order valence-electron chi connectivity index (χ1n) is 4.13. The van der Waals surface area contributed by atoms with Crippen molar-refractivity contribution in [3.8, 4) is 0 Å². The third-order valence-electron chi connectivity index (χ3n) is 1.83. The highest BCUT2D eigenvalue weighted by molar-refractivity contribution is 9.08. The Labute approximate surface area is 104 Å². The fraction of sp³-hybridized carbons (Fsp3) is 0.333. The van der Waals surface area contributed by atoms with Crippen LogP contribution >= 0.6 is 27.5 Å². The molecule has 0 unspecified atom stereocenters. The largest absolute Gasteiger partial charge is 0.464 e. The van der Waals surface area contributed by atoms with Crippen molar-refractivity contribution < 1.29 is 18.3 Å². The highest BCUT2D eigenvalue weighted by Crippen LogP contribution is 2.27. The zero-order valence-corrected chi connectivity index (χ0v) is 10.5. The first-order chi connectivity index (χ1) is 7.51. The number of nitrogens with zero attached hydrogens (tertiary/aromatic N) is 1. The Morgan fingerprint density at radius 1 is 1.69 bits per heavy atom. The van der Waals surface area contributed by atoms with E-state index in [0.29, 0.717) is 5.56 Å². The number of pyridine rings is 1. The van der Waals surface area contributed by atoms with Gasteiger partial charge in [0.1, 0.15) is 5.69 Å². The van der Waals surface area contributed by atoms with Gasteiger partial charge in [0.2, 0.25) is 0 Å². The van der Waals surface area contributed by atoms with Crippen molar-refractivity contribution in [1.29, 1.82) is 0 Å². The minimum atomic E-state index is -2.79. The standard InChI is InChI=1S/C9H7BrClF2NO2/c1-16-9(15)7-4(3-10)5(11)2-6(14-7)8(12)13/h2,8H,3H2,1H3. The lowest BCUT2D eigenvalue weighted by Gasteiger charge is -2.09. The van der Waals surface area contributed by atoms with Crippen LogP contribution in [0.5, 0.6) is 0 Å². The van der Waals surface area contributed by atoms with Crippen molar-refractivity contribution in [3.63, 3.8) is 0 Å².